The Balaban J connectivity index is 1.16. The van der Waals surface area contributed by atoms with E-state index in [-0.39, 0.29) is 17.0 Å². The van der Waals surface area contributed by atoms with Crippen LogP contribution in [0.3, 0.4) is 0 Å². The molecule has 5 rings (SSSR count). The molecule has 2 amide bonds. The van der Waals surface area contributed by atoms with E-state index in [9.17, 15) is 66.6 Å². The number of imidazole rings is 1. The molecule has 0 spiro atoms. The molecule has 3 aromatic heterocycles. The van der Waals surface area contributed by atoms with Crippen molar-refractivity contribution >= 4 is 46.5 Å². The van der Waals surface area contributed by atoms with Crippen molar-refractivity contribution in [3.05, 3.63) is 42.7 Å². The number of anilines is 1. The highest BCUT2D eigenvalue weighted by Crippen LogP contribution is 2.61. The normalized spacial score (nSPS) is 28.2. The Bertz CT molecular complexity index is 2050. The lowest BCUT2D eigenvalue weighted by Crippen LogP contribution is -2.46. The predicted molar refractivity (Wildman–Crippen MR) is 177 cm³/mol. The van der Waals surface area contributed by atoms with Crippen LogP contribution < -0.4 is 15.6 Å². The fourth-order valence-electron chi connectivity index (χ4n) is 5.63. The van der Waals surface area contributed by atoms with Crippen LogP contribution >= 0.6 is 23.5 Å². The molecule has 0 aromatic carbocycles. The maximum Gasteiger partial charge on any atom is 0.481 e. The van der Waals surface area contributed by atoms with E-state index in [0.29, 0.717) is 5.56 Å². The van der Waals surface area contributed by atoms with E-state index in [0.717, 1.165) is 22.1 Å². The highest BCUT2D eigenvalue weighted by Gasteiger charge is 2.51. The van der Waals surface area contributed by atoms with Crippen molar-refractivity contribution in [2.75, 3.05) is 32.5 Å². The smallest absolute Gasteiger partial charge is 0.387 e. The van der Waals surface area contributed by atoms with E-state index in [1.54, 1.807) is 5.32 Å². The van der Waals surface area contributed by atoms with Crippen LogP contribution in [0.2, 0.25) is 0 Å². The van der Waals surface area contributed by atoms with E-state index in [1.807, 2.05) is 0 Å². The number of aliphatic hydroxyl groups excluding tert-OH is 3. The maximum absolute atomic E-state index is 12.7. The molecule has 31 heteroatoms. The van der Waals surface area contributed by atoms with Crippen molar-refractivity contribution in [1.29, 1.82) is 0 Å². The molecule has 25 nitrogen and oxygen atoms in total. The molecule has 2 saturated heterocycles. The number of fused-ring (bicyclic) bond motifs is 1. The number of nitrogens with one attached hydrogen (secondary N) is 1. The summed E-state index contributed by atoms with van der Waals surface area (Å²) >= 11 is 0. The topological polar surface area (TPSA) is 354 Å². The van der Waals surface area contributed by atoms with Crippen LogP contribution in [0.4, 0.5) is 23.8 Å². The molecular formula is C26H37F3N8O17P3+. The number of hydrogen-bond donors (Lipinski definition) is 9. The van der Waals surface area contributed by atoms with Crippen LogP contribution in [0.5, 0.6) is 0 Å². The van der Waals surface area contributed by atoms with Crippen LogP contribution in [0.25, 0.3) is 11.2 Å². The number of nitrogens with zero attached hydrogens (tertiary/aromatic N) is 6. The Morgan fingerprint density at radius 2 is 1.60 bits per heavy atom. The fraction of sp³-hybridized carbons (Fsp3) is 0.577. The first-order valence-electron chi connectivity index (χ1n) is 16.1. The first kappa shape index (κ1) is 44.8. The third-order valence-corrected chi connectivity index (χ3v) is 11.7. The number of amides is 2. The molecule has 2 aliphatic heterocycles. The number of nitrogen functional groups attached to an aromatic ring is 1. The second-order valence-electron chi connectivity index (χ2n) is 12.5. The highest BCUT2D eigenvalue weighted by atomic mass is 31.3. The number of carbonyl (C=O) groups is 1. The van der Waals surface area contributed by atoms with Gasteiger partial charge in [-0.1, -0.05) is 0 Å². The third-order valence-electron chi connectivity index (χ3n) is 8.58. The first-order valence-corrected chi connectivity index (χ1v) is 20.6. The lowest BCUT2D eigenvalue weighted by Gasteiger charge is -2.25. The van der Waals surface area contributed by atoms with Crippen LogP contribution in [-0.2, 0) is 41.1 Å². The van der Waals surface area contributed by atoms with Crippen molar-refractivity contribution in [1.82, 2.24) is 29.7 Å². The maximum atomic E-state index is 12.7. The van der Waals surface area contributed by atoms with E-state index < -0.39 is 111 Å². The van der Waals surface area contributed by atoms with Crippen molar-refractivity contribution in [3.8, 4) is 0 Å². The largest absolute Gasteiger partial charge is 0.481 e. The Kier molecular flexibility index (Phi) is 13.5. The van der Waals surface area contributed by atoms with Gasteiger partial charge < -0.3 is 60.3 Å². The van der Waals surface area contributed by atoms with Crippen molar-refractivity contribution < 1.29 is 98.5 Å². The number of phosphoric ester groups is 3. The Hall–Kier alpha value is -3.27. The van der Waals surface area contributed by atoms with Gasteiger partial charge in [0.1, 0.15) is 48.9 Å². The number of phosphoric acid groups is 3. The van der Waals surface area contributed by atoms with Gasteiger partial charge in [0.05, 0.1) is 25.6 Å². The number of rotatable bonds is 15. The molecule has 11 atom stereocenters. The molecule has 2 fully saturated rings. The number of ether oxygens (including phenoxy) is 2. The lowest BCUT2D eigenvalue weighted by molar-refractivity contribution is -0.765. The minimum absolute atomic E-state index is 0.0183. The second kappa shape index (κ2) is 17.1. The number of halogens is 3. The van der Waals surface area contributed by atoms with Gasteiger partial charge in [0.2, 0.25) is 0 Å². The molecule has 0 bridgehead atoms. The zero-order chi connectivity index (χ0) is 42.2. The van der Waals surface area contributed by atoms with Gasteiger partial charge in [-0.3, -0.25) is 18.1 Å². The van der Waals surface area contributed by atoms with Gasteiger partial charge in [-0.25, -0.2) is 33.4 Å². The Morgan fingerprint density at radius 1 is 1.00 bits per heavy atom. The molecular weight excluding hydrogens is 846 g/mol. The van der Waals surface area contributed by atoms with Gasteiger partial charge in [-0.15, -0.1) is 0 Å². The predicted octanol–water partition coefficient (Wildman–Crippen LogP) is -0.733. The highest BCUT2D eigenvalue weighted by molar-refractivity contribution is 7.61. The number of aliphatic hydroxyl groups is 3. The molecule has 57 heavy (non-hydrogen) atoms. The Morgan fingerprint density at radius 3 is 2.18 bits per heavy atom. The molecule has 0 radical (unpaired) electrons. The Labute approximate surface area is 318 Å². The average molecular weight is 884 g/mol. The van der Waals surface area contributed by atoms with E-state index >= 15 is 0 Å². The summed E-state index contributed by atoms with van der Waals surface area (Å²) in [7, 11) is -15.2. The summed E-state index contributed by atoms with van der Waals surface area (Å²) < 4.78 is 106. The summed E-state index contributed by atoms with van der Waals surface area (Å²) in [4.78, 5) is 64.1. The van der Waals surface area contributed by atoms with Crippen molar-refractivity contribution in [2.24, 2.45) is 0 Å². The summed E-state index contributed by atoms with van der Waals surface area (Å²) in [6.45, 7) is -2.10. The van der Waals surface area contributed by atoms with E-state index in [2.05, 4.69) is 19.3 Å². The molecule has 5 heterocycles. The van der Waals surface area contributed by atoms with Gasteiger partial charge in [0.15, 0.2) is 36.2 Å². The molecule has 318 valence electrons. The minimum Gasteiger partial charge on any atom is -0.387 e. The monoisotopic (exact) mass is 883 g/mol. The second-order valence-corrected chi connectivity index (χ2v) is 16.7. The molecule has 0 aliphatic carbocycles. The van der Waals surface area contributed by atoms with Gasteiger partial charge in [-0.2, -0.15) is 22.0 Å². The zero-order valence-electron chi connectivity index (χ0n) is 29.2. The van der Waals surface area contributed by atoms with Crippen LogP contribution in [0.15, 0.2) is 37.2 Å². The van der Waals surface area contributed by atoms with Gasteiger partial charge in [0.25, 0.3) is 6.23 Å². The molecule has 10 N–H and O–H groups in total. The summed E-state index contributed by atoms with van der Waals surface area (Å²) in [6, 6.07) is 1.19. The summed E-state index contributed by atoms with van der Waals surface area (Å²) in [5, 5.41) is 33.7. The SMILES string of the molecule is C[C@@H](c1cc[n+]([C@@H]2O[C@H](COP(=O)(O)OP(=O)(O)OC[C@H]3O[C@@H](n4cnc5c(N)ncnc54)[C@H](OP(=O)(O)O)[C@@H]3O)[C@@H](O)[C@H]2O)cc1)N(C)C(=O)NCC(F)(F)F. The first-order chi connectivity index (χ1) is 26.4. The molecule has 2 unspecified atom stereocenters. The van der Waals surface area contributed by atoms with Crippen molar-refractivity contribution in [2.45, 2.75) is 68.2 Å². The number of urea groups is 1. The number of hydrogen-bond acceptors (Lipinski definition) is 17. The minimum atomic E-state index is -5.58. The zero-order valence-corrected chi connectivity index (χ0v) is 31.9. The van der Waals surface area contributed by atoms with Crippen LogP contribution in [0, 0.1) is 0 Å². The standard InChI is InChI=1S/C26H36F3N8O17P3/c1-12(35(2)25(41)31-9-26(27,28)29)13-3-5-36(6-4-13)23-19(40)17(38)14(51-23)7-49-56(45,46)54-57(47,48)50-8-15-18(39)20(53-55(42,43)44)24(52-15)37-11-34-16-21(30)32-10-33-22(16)37/h3-6,10-12,14-15,17-20,23-24,38-40H,7-9H2,1-2H3,(H6-,30,31,32,33,41,42,43,44,45,46,47,48)/p+1/t12-,14+,15+,17+,18+,19+,20+,23+,24+/m0/s1. The quantitative estimate of drug-likeness (QED) is 0.0671. The average Bonchev–Trinajstić information content (AvgIpc) is 3.77. The number of alkyl halides is 3. The summed E-state index contributed by atoms with van der Waals surface area (Å²) in [6.07, 6.45) is -13.2. The summed E-state index contributed by atoms with van der Waals surface area (Å²) in [5.41, 5.74) is 6.24. The third kappa shape index (κ3) is 11.1. The lowest BCUT2D eigenvalue weighted by atomic mass is 10.1. The number of pyridine rings is 1. The van der Waals surface area contributed by atoms with Crippen LogP contribution in [-0.4, -0.2) is 135 Å². The molecule has 3 aromatic rings. The molecule has 0 saturated carbocycles. The van der Waals surface area contributed by atoms with Crippen LogP contribution in [0.1, 0.15) is 31.0 Å². The number of carbonyl (C=O) groups excluding carboxylic acids is 1. The number of aromatic nitrogens is 5. The van der Waals surface area contributed by atoms with E-state index in [1.165, 1.54) is 43.1 Å². The van der Waals surface area contributed by atoms with Gasteiger partial charge in [-0.05, 0) is 12.5 Å². The van der Waals surface area contributed by atoms with Gasteiger partial charge >= 0.3 is 35.7 Å². The summed E-state index contributed by atoms with van der Waals surface area (Å²) in [5.74, 6) is -0.0765. The van der Waals surface area contributed by atoms with E-state index in [4.69, 9.17) is 28.8 Å². The fourth-order valence-corrected chi connectivity index (χ4v) is 8.27. The number of nitrogens with two attached hydrogens (primary N) is 1. The molecule has 2 aliphatic rings. The van der Waals surface area contributed by atoms with Crippen molar-refractivity contribution in [3.63, 3.8) is 0 Å². The van der Waals surface area contributed by atoms with Gasteiger partial charge in [0, 0.05) is 19.2 Å².